The van der Waals surface area contributed by atoms with Crippen LogP contribution in [0.4, 0.5) is 5.69 Å². The van der Waals surface area contributed by atoms with Crippen LogP contribution in [0.3, 0.4) is 0 Å². The summed E-state index contributed by atoms with van der Waals surface area (Å²) in [6.07, 6.45) is 1.68. The standard InChI is InChI=1S/C20H18N2O5S/c1-3-27-16-10-12(4-9-15(16)23)11-17-18(24)22(2)20(28-17)21-14-7-5-13(6-8-14)19(25)26/h4-11,23H,3H2,1-2H3,(H,25,26)/p-1/b17-11-,21-20?. The van der Waals surface area contributed by atoms with Gasteiger partial charge in [-0.05, 0) is 60.7 Å². The van der Waals surface area contributed by atoms with E-state index in [1.54, 1.807) is 44.3 Å². The van der Waals surface area contributed by atoms with E-state index in [9.17, 15) is 14.7 Å². The van der Waals surface area contributed by atoms with Crippen LogP contribution in [0.2, 0.25) is 0 Å². The Balaban J connectivity index is 1.85. The second-order valence-corrected chi connectivity index (χ2v) is 6.87. The third kappa shape index (κ3) is 4.17. The van der Waals surface area contributed by atoms with Gasteiger partial charge in [0.05, 0.1) is 22.8 Å². The zero-order valence-electron chi connectivity index (χ0n) is 15.2. The molecule has 2 aromatic rings. The van der Waals surface area contributed by atoms with E-state index in [2.05, 4.69) is 4.99 Å². The van der Waals surface area contributed by atoms with Gasteiger partial charge in [-0.3, -0.25) is 9.69 Å². The number of carboxylic acids is 1. The molecule has 0 atom stereocenters. The number of hydrogen-bond acceptors (Lipinski definition) is 6. The van der Waals surface area contributed by atoms with E-state index < -0.39 is 5.97 Å². The smallest absolute Gasteiger partial charge is 0.335 e. The lowest BCUT2D eigenvalue weighted by Gasteiger charge is -2.14. The van der Waals surface area contributed by atoms with Crippen molar-refractivity contribution in [2.24, 2.45) is 4.99 Å². The van der Waals surface area contributed by atoms with Crippen molar-refractivity contribution in [1.29, 1.82) is 0 Å². The molecule has 0 unspecified atom stereocenters. The van der Waals surface area contributed by atoms with Crippen molar-refractivity contribution in [2.75, 3.05) is 13.7 Å². The van der Waals surface area contributed by atoms with E-state index in [1.807, 2.05) is 0 Å². The molecule has 2 aromatic carbocycles. The minimum absolute atomic E-state index is 0.167. The Bertz CT molecular complexity index is 983. The Morgan fingerprint density at radius 2 is 2.00 bits per heavy atom. The van der Waals surface area contributed by atoms with Gasteiger partial charge in [0.25, 0.3) is 5.91 Å². The second-order valence-electron chi connectivity index (χ2n) is 5.86. The average Bonchev–Trinajstić information content (AvgIpc) is 2.93. The molecule has 144 valence electrons. The summed E-state index contributed by atoms with van der Waals surface area (Å²) in [7, 11) is 1.62. The van der Waals surface area contributed by atoms with Gasteiger partial charge in [0.2, 0.25) is 0 Å². The number of likely N-dealkylation sites (N-methyl/N-ethyl adjacent to an activating group) is 1. The van der Waals surface area contributed by atoms with Crippen LogP contribution in [0.25, 0.3) is 6.08 Å². The summed E-state index contributed by atoms with van der Waals surface area (Å²) in [6, 6.07) is 10.7. The molecule has 0 radical (unpaired) electrons. The Labute approximate surface area is 166 Å². The summed E-state index contributed by atoms with van der Waals surface area (Å²) in [5, 5.41) is 21.2. The molecule has 28 heavy (non-hydrogen) atoms. The predicted octanol–water partition coefficient (Wildman–Crippen LogP) is 3.09. The quantitative estimate of drug-likeness (QED) is 0.778. The first-order chi connectivity index (χ1) is 13.4. The number of aromatic carboxylic acids is 1. The summed E-state index contributed by atoms with van der Waals surface area (Å²) >= 11 is 1.20. The number of nitrogens with zero attached hydrogens (tertiary/aromatic N) is 2. The highest BCUT2D eigenvalue weighted by Gasteiger charge is 2.30. The SMILES string of the molecule is CCOc1cc(/C=C2\SC(=Nc3ccc(C(=O)O)cc3)N(C)C2=O)ccc1[O-]. The van der Waals surface area contributed by atoms with Gasteiger partial charge in [-0.25, -0.2) is 9.79 Å². The Kier molecular flexibility index (Phi) is 5.70. The van der Waals surface area contributed by atoms with E-state index in [1.165, 1.54) is 34.9 Å². The van der Waals surface area contributed by atoms with Gasteiger partial charge < -0.3 is 14.9 Å². The monoisotopic (exact) mass is 397 g/mol. The van der Waals surface area contributed by atoms with Crippen LogP contribution in [0.5, 0.6) is 11.5 Å². The molecule has 0 aromatic heterocycles. The highest BCUT2D eigenvalue weighted by Crippen LogP contribution is 2.34. The number of amidine groups is 1. The number of benzene rings is 2. The van der Waals surface area contributed by atoms with Crippen molar-refractivity contribution in [2.45, 2.75) is 6.92 Å². The van der Waals surface area contributed by atoms with Crippen molar-refractivity contribution in [3.05, 3.63) is 58.5 Å². The van der Waals surface area contributed by atoms with Crippen LogP contribution in [0, 0.1) is 0 Å². The summed E-state index contributed by atoms with van der Waals surface area (Å²) in [5.74, 6) is -1.19. The van der Waals surface area contributed by atoms with E-state index in [4.69, 9.17) is 9.84 Å². The third-order valence-electron chi connectivity index (χ3n) is 3.91. The van der Waals surface area contributed by atoms with E-state index >= 15 is 0 Å². The molecule has 0 saturated carbocycles. The zero-order chi connectivity index (χ0) is 20.3. The maximum Gasteiger partial charge on any atom is 0.335 e. The molecule has 8 heteroatoms. The molecule has 0 bridgehead atoms. The summed E-state index contributed by atoms with van der Waals surface area (Å²) in [5.41, 5.74) is 1.39. The normalized spacial score (nSPS) is 16.8. The summed E-state index contributed by atoms with van der Waals surface area (Å²) in [6.45, 7) is 2.17. The lowest BCUT2D eigenvalue weighted by molar-refractivity contribution is -0.270. The van der Waals surface area contributed by atoms with E-state index in [0.29, 0.717) is 27.9 Å². The molecule has 7 nitrogen and oxygen atoms in total. The molecule has 1 fully saturated rings. The van der Waals surface area contributed by atoms with Crippen molar-refractivity contribution in [3.8, 4) is 11.5 Å². The highest BCUT2D eigenvalue weighted by molar-refractivity contribution is 8.18. The summed E-state index contributed by atoms with van der Waals surface area (Å²) in [4.78, 5) is 29.7. The minimum Gasteiger partial charge on any atom is -0.870 e. The molecule has 1 amide bonds. The zero-order valence-corrected chi connectivity index (χ0v) is 16.0. The van der Waals surface area contributed by atoms with Gasteiger partial charge in [-0.1, -0.05) is 17.9 Å². The molecule has 1 aliphatic heterocycles. The maximum atomic E-state index is 12.5. The van der Waals surface area contributed by atoms with Gasteiger partial charge in [-0.15, -0.1) is 0 Å². The van der Waals surface area contributed by atoms with Crippen LogP contribution >= 0.6 is 11.8 Å². The van der Waals surface area contributed by atoms with Gasteiger partial charge in [0.1, 0.15) is 5.75 Å². The number of ether oxygens (including phenoxy) is 1. The molecule has 1 aliphatic rings. The van der Waals surface area contributed by atoms with Crippen LogP contribution in [-0.4, -0.2) is 40.7 Å². The second kappa shape index (κ2) is 8.18. The fraction of sp³-hybridized carbons (Fsp3) is 0.150. The van der Waals surface area contributed by atoms with Crippen LogP contribution < -0.4 is 9.84 Å². The molecular formula is C20H17N2O5S-. The molecule has 1 heterocycles. The van der Waals surface area contributed by atoms with Crippen molar-refractivity contribution in [3.63, 3.8) is 0 Å². The van der Waals surface area contributed by atoms with Crippen molar-refractivity contribution < 1.29 is 24.5 Å². The Hall–Kier alpha value is -3.26. The lowest BCUT2D eigenvalue weighted by atomic mass is 10.2. The molecule has 3 rings (SSSR count). The number of amides is 1. The molecule has 0 spiro atoms. The lowest BCUT2D eigenvalue weighted by Crippen LogP contribution is -2.23. The van der Waals surface area contributed by atoms with Gasteiger partial charge >= 0.3 is 5.97 Å². The van der Waals surface area contributed by atoms with Crippen LogP contribution in [-0.2, 0) is 4.79 Å². The maximum absolute atomic E-state index is 12.5. The van der Waals surface area contributed by atoms with E-state index in [-0.39, 0.29) is 23.0 Å². The third-order valence-corrected chi connectivity index (χ3v) is 4.97. The molecule has 0 aliphatic carbocycles. The Morgan fingerprint density at radius 1 is 1.29 bits per heavy atom. The highest BCUT2D eigenvalue weighted by atomic mass is 32.2. The van der Waals surface area contributed by atoms with Gasteiger partial charge in [0, 0.05) is 7.05 Å². The van der Waals surface area contributed by atoms with Gasteiger partial charge in [0.15, 0.2) is 5.17 Å². The van der Waals surface area contributed by atoms with Crippen molar-refractivity contribution >= 4 is 40.6 Å². The molecule has 1 N–H and O–H groups in total. The Morgan fingerprint density at radius 3 is 2.64 bits per heavy atom. The van der Waals surface area contributed by atoms with Crippen LogP contribution in [0.1, 0.15) is 22.8 Å². The number of thioether (sulfide) groups is 1. The number of carbonyl (C=O) groups excluding carboxylic acids is 1. The summed E-state index contributed by atoms with van der Waals surface area (Å²) < 4.78 is 5.31. The fourth-order valence-corrected chi connectivity index (χ4v) is 3.46. The predicted molar refractivity (Wildman–Crippen MR) is 106 cm³/mol. The number of rotatable bonds is 5. The number of hydrogen-bond donors (Lipinski definition) is 1. The number of carboxylic acid groups (broad SMARTS) is 1. The molecule has 1 saturated heterocycles. The fourth-order valence-electron chi connectivity index (χ4n) is 2.47. The number of carbonyl (C=O) groups is 2. The number of aliphatic imine (C=N–C) groups is 1. The first-order valence-electron chi connectivity index (χ1n) is 8.42. The van der Waals surface area contributed by atoms with Crippen molar-refractivity contribution in [1.82, 2.24) is 4.90 Å². The average molecular weight is 397 g/mol. The largest absolute Gasteiger partial charge is 0.870 e. The van der Waals surface area contributed by atoms with Crippen LogP contribution in [0.15, 0.2) is 52.4 Å². The topological polar surface area (TPSA) is 102 Å². The minimum atomic E-state index is -1.01. The molecular weight excluding hydrogens is 380 g/mol. The first-order valence-corrected chi connectivity index (χ1v) is 9.24. The van der Waals surface area contributed by atoms with E-state index in [0.717, 1.165) is 0 Å². The van der Waals surface area contributed by atoms with Gasteiger partial charge in [-0.2, -0.15) is 0 Å². The first kappa shape index (κ1) is 19.5.